The van der Waals surface area contributed by atoms with E-state index >= 15 is 0 Å². The average molecular weight is 266 g/mol. The van der Waals surface area contributed by atoms with Gasteiger partial charge in [-0.2, -0.15) is 0 Å². The zero-order valence-electron chi connectivity index (χ0n) is 10.9. The molecule has 0 amide bonds. The van der Waals surface area contributed by atoms with Gasteiger partial charge < -0.3 is 5.11 Å². The molecule has 0 aromatic heterocycles. The van der Waals surface area contributed by atoms with Crippen LogP contribution in [0.3, 0.4) is 0 Å². The van der Waals surface area contributed by atoms with E-state index in [0.717, 1.165) is 11.1 Å². The monoisotopic (exact) mass is 266 g/mol. The van der Waals surface area contributed by atoms with Crippen molar-refractivity contribution in [2.75, 3.05) is 0 Å². The van der Waals surface area contributed by atoms with E-state index < -0.39 is 11.9 Å². The van der Waals surface area contributed by atoms with Gasteiger partial charge in [-0.1, -0.05) is 48.5 Å². The van der Waals surface area contributed by atoms with Crippen LogP contribution in [0.4, 0.5) is 0 Å². The van der Waals surface area contributed by atoms with Gasteiger partial charge in [0.2, 0.25) is 0 Å². The maximum atomic E-state index is 12.5. The highest BCUT2D eigenvalue weighted by Gasteiger charge is 2.30. The molecule has 1 N–H and O–H groups in total. The predicted octanol–water partition coefficient (Wildman–Crippen LogP) is 2.72. The highest BCUT2D eigenvalue weighted by Crippen LogP contribution is 2.30. The Kier molecular flexibility index (Phi) is 3.11. The molecule has 2 aromatic rings. The number of carbonyl (C=O) groups excluding carboxylic acids is 1. The van der Waals surface area contributed by atoms with E-state index in [9.17, 15) is 9.59 Å². The standard InChI is InChI=1S/C17H14O3/c18-16(11-5-2-1-3-6-11)14-8-4-7-12-9-13(17(19)20)10-15(12)14/h1-8,13H,9-10H2,(H,19,20). The van der Waals surface area contributed by atoms with Crippen LogP contribution >= 0.6 is 0 Å². The molecule has 0 saturated carbocycles. The van der Waals surface area contributed by atoms with Gasteiger partial charge >= 0.3 is 5.97 Å². The molecule has 100 valence electrons. The Labute approximate surface area is 116 Å². The molecule has 3 rings (SSSR count). The SMILES string of the molecule is O=C(c1ccccc1)c1cccc2c1CC(C(=O)O)C2. The van der Waals surface area contributed by atoms with E-state index in [4.69, 9.17) is 5.11 Å². The first kappa shape index (κ1) is 12.6. The molecule has 1 unspecified atom stereocenters. The van der Waals surface area contributed by atoms with Gasteiger partial charge in [-0.3, -0.25) is 9.59 Å². The van der Waals surface area contributed by atoms with Gasteiger partial charge in [0.05, 0.1) is 5.92 Å². The lowest BCUT2D eigenvalue weighted by atomic mass is 9.96. The fourth-order valence-corrected chi connectivity index (χ4v) is 2.78. The van der Waals surface area contributed by atoms with E-state index in [0.29, 0.717) is 24.0 Å². The summed E-state index contributed by atoms with van der Waals surface area (Å²) in [5.41, 5.74) is 3.16. The minimum Gasteiger partial charge on any atom is -0.481 e. The number of carbonyl (C=O) groups is 2. The molecule has 0 radical (unpaired) electrons. The Morgan fingerprint density at radius 3 is 2.40 bits per heavy atom. The first-order valence-electron chi connectivity index (χ1n) is 6.60. The summed E-state index contributed by atoms with van der Waals surface area (Å²) in [6.45, 7) is 0. The maximum Gasteiger partial charge on any atom is 0.307 e. The van der Waals surface area contributed by atoms with Crippen LogP contribution in [0.1, 0.15) is 27.0 Å². The van der Waals surface area contributed by atoms with E-state index in [1.807, 2.05) is 30.3 Å². The summed E-state index contributed by atoms with van der Waals surface area (Å²) in [5, 5.41) is 9.15. The minimum absolute atomic E-state index is 0.0338. The molecule has 0 saturated heterocycles. The summed E-state index contributed by atoms with van der Waals surface area (Å²) in [7, 11) is 0. The fraction of sp³-hybridized carbons (Fsp3) is 0.176. The first-order valence-corrected chi connectivity index (χ1v) is 6.60. The maximum absolute atomic E-state index is 12.5. The van der Waals surface area contributed by atoms with Crippen molar-refractivity contribution in [1.82, 2.24) is 0 Å². The molecule has 3 nitrogen and oxygen atoms in total. The Hall–Kier alpha value is -2.42. The van der Waals surface area contributed by atoms with Gasteiger partial charge in [-0.25, -0.2) is 0 Å². The lowest BCUT2D eigenvalue weighted by Crippen LogP contribution is -2.13. The second kappa shape index (κ2) is 4.93. The van der Waals surface area contributed by atoms with E-state index in [1.54, 1.807) is 18.2 Å². The molecule has 0 aliphatic heterocycles. The first-order chi connectivity index (χ1) is 9.66. The van der Waals surface area contributed by atoms with Crippen molar-refractivity contribution in [3.63, 3.8) is 0 Å². The summed E-state index contributed by atoms with van der Waals surface area (Å²) in [4.78, 5) is 23.7. The number of hydrogen-bond donors (Lipinski definition) is 1. The van der Waals surface area contributed by atoms with Crippen molar-refractivity contribution in [3.8, 4) is 0 Å². The zero-order chi connectivity index (χ0) is 14.1. The molecule has 2 aromatic carbocycles. The van der Waals surface area contributed by atoms with Crippen molar-refractivity contribution in [1.29, 1.82) is 0 Å². The Morgan fingerprint density at radius 2 is 1.70 bits per heavy atom. The number of ketones is 1. The van der Waals surface area contributed by atoms with Crippen molar-refractivity contribution >= 4 is 11.8 Å². The van der Waals surface area contributed by atoms with Crippen LogP contribution in [0, 0.1) is 5.92 Å². The second-order valence-corrected chi connectivity index (χ2v) is 5.08. The minimum atomic E-state index is -0.792. The topological polar surface area (TPSA) is 54.4 Å². The molecule has 0 fully saturated rings. The number of carboxylic acid groups (broad SMARTS) is 1. The predicted molar refractivity (Wildman–Crippen MR) is 74.9 cm³/mol. The number of aliphatic carboxylic acids is 1. The molecule has 3 heteroatoms. The highest BCUT2D eigenvalue weighted by molar-refractivity contribution is 6.10. The summed E-state index contributed by atoms with van der Waals surface area (Å²) < 4.78 is 0. The van der Waals surface area contributed by atoms with Gasteiger partial charge in [0.15, 0.2) is 5.78 Å². The molecule has 1 aliphatic carbocycles. The van der Waals surface area contributed by atoms with Crippen molar-refractivity contribution in [2.24, 2.45) is 5.92 Å². The smallest absolute Gasteiger partial charge is 0.307 e. The number of rotatable bonds is 3. The molecule has 0 spiro atoms. The molecular formula is C17H14O3. The van der Waals surface area contributed by atoms with Crippen LogP contribution in [0.5, 0.6) is 0 Å². The third-order valence-electron chi connectivity index (χ3n) is 3.82. The Morgan fingerprint density at radius 1 is 0.950 bits per heavy atom. The van der Waals surface area contributed by atoms with Crippen LogP contribution in [0.15, 0.2) is 48.5 Å². The lowest BCUT2D eigenvalue weighted by molar-refractivity contribution is -0.141. The van der Waals surface area contributed by atoms with Crippen LogP contribution in [0.2, 0.25) is 0 Å². The third-order valence-corrected chi connectivity index (χ3v) is 3.82. The zero-order valence-corrected chi connectivity index (χ0v) is 10.9. The molecule has 0 heterocycles. The van der Waals surface area contributed by atoms with Crippen molar-refractivity contribution < 1.29 is 14.7 Å². The van der Waals surface area contributed by atoms with Crippen LogP contribution in [0.25, 0.3) is 0 Å². The molecule has 0 bridgehead atoms. The molecule has 1 atom stereocenters. The summed E-state index contributed by atoms with van der Waals surface area (Å²) >= 11 is 0. The Bertz CT molecular complexity index is 674. The van der Waals surface area contributed by atoms with E-state index in [-0.39, 0.29) is 5.78 Å². The molecule has 1 aliphatic rings. The number of benzene rings is 2. The lowest BCUT2D eigenvalue weighted by Gasteiger charge is -2.07. The summed E-state index contributed by atoms with van der Waals surface area (Å²) in [6.07, 6.45) is 0.958. The molecular weight excluding hydrogens is 252 g/mol. The number of carboxylic acids is 1. The van der Waals surface area contributed by atoms with Crippen LogP contribution in [-0.2, 0) is 17.6 Å². The van der Waals surface area contributed by atoms with Crippen LogP contribution < -0.4 is 0 Å². The van der Waals surface area contributed by atoms with Crippen LogP contribution in [-0.4, -0.2) is 16.9 Å². The van der Waals surface area contributed by atoms with E-state index in [2.05, 4.69) is 0 Å². The Balaban J connectivity index is 2.00. The van der Waals surface area contributed by atoms with Crippen molar-refractivity contribution in [3.05, 3.63) is 70.8 Å². The third kappa shape index (κ3) is 2.11. The van der Waals surface area contributed by atoms with Gasteiger partial charge in [-0.15, -0.1) is 0 Å². The van der Waals surface area contributed by atoms with Gasteiger partial charge in [0, 0.05) is 11.1 Å². The average Bonchev–Trinajstić information content (AvgIpc) is 2.91. The molecule has 20 heavy (non-hydrogen) atoms. The van der Waals surface area contributed by atoms with E-state index in [1.165, 1.54) is 0 Å². The largest absolute Gasteiger partial charge is 0.481 e. The van der Waals surface area contributed by atoms with Gasteiger partial charge in [0.25, 0.3) is 0 Å². The normalized spacial score (nSPS) is 16.7. The quantitative estimate of drug-likeness (QED) is 0.869. The fourth-order valence-electron chi connectivity index (χ4n) is 2.78. The van der Waals surface area contributed by atoms with Gasteiger partial charge in [-0.05, 0) is 24.0 Å². The van der Waals surface area contributed by atoms with Crippen molar-refractivity contribution in [2.45, 2.75) is 12.8 Å². The second-order valence-electron chi connectivity index (χ2n) is 5.08. The van der Waals surface area contributed by atoms with Gasteiger partial charge in [0.1, 0.15) is 0 Å². The number of hydrogen-bond acceptors (Lipinski definition) is 2. The summed E-state index contributed by atoms with van der Waals surface area (Å²) in [6, 6.07) is 14.6. The number of fused-ring (bicyclic) bond motifs is 1. The summed E-state index contributed by atoms with van der Waals surface area (Å²) in [5.74, 6) is -1.23. The highest BCUT2D eigenvalue weighted by atomic mass is 16.4.